The quantitative estimate of drug-likeness (QED) is 0.764. The molecule has 0 radical (unpaired) electrons. The smallest absolute Gasteiger partial charge is 0.240 e. The summed E-state index contributed by atoms with van der Waals surface area (Å²) < 4.78 is 0. The van der Waals surface area contributed by atoms with Gasteiger partial charge in [0.15, 0.2) is 0 Å². The number of benzene rings is 3. The van der Waals surface area contributed by atoms with Crippen LogP contribution in [-0.2, 0) is 4.79 Å². The second-order valence-electron chi connectivity index (χ2n) is 6.22. The lowest BCUT2D eigenvalue weighted by atomic mass is 9.96. The first-order chi connectivity index (χ1) is 12.1. The first-order valence-corrected chi connectivity index (χ1v) is 8.28. The SMILES string of the molecule is CC(=O)N1N=C(c2ccc3ccccc3c2O)C[C@H]1c1ccccc1. The average Bonchev–Trinajstić information content (AvgIpc) is 3.08. The lowest BCUT2D eigenvalue weighted by molar-refractivity contribution is -0.130. The second-order valence-corrected chi connectivity index (χ2v) is 6.22. The minimum absolute atomic E-state index is 0.107. The first kappa shape index (κ1) is 15.4. The third-order valence-corrected chi connectivity index (χ3v) is 4.63. The van der Waals surface area contributed by atoms with Gasteiger partial charge in [-0.3, -0.25) is 4.79 Å². The lowest BCUT2D eigenvalue weighted by Crippen LogP contribution is -2.24. The van der Waals surface area contributed by atoms with Crippen molar-refractivity contribution in [3.8, 4) is 5.75 Å². The molecule has 1 heterocycles. The number of phenolic OH excluding ortho intramolecular Hbond substituents is 1. The van der Waals surface area contributed by atoms with E-state index in [0.29, 0.717) is 12.0 Å². The van der Waals surface area contributed by atoms with Gasteiger partial charge in [-0.05, 0) is 17.0 Å². The number of nitrogens with zero attached hydrogens (tertiary/aromatic N) is 2. The summed E-state index contributed by atoms with van der Waals surface area (Å²) in [6.45, 7) is 1.52. The van der Waals surface area contributed by atoms with E-state index in [1.54, 1.807) is 0 Å². The monoisotopic (exact) mass is 330 g/mol. The number of fused-ring (bicyclic) bond motifs is 1. The maximum Gasteiger partial charge on any atom is 0.240 e. The maximum atomic E-state index is 12.1. The highest BCUT2D eigenvalue weighted by Gasteiger charge is 2.32. The van der Waals surface area contributed by atoms with Crippen LogP contribution in [0.2, 0.25) is 0 Å². The summed E-state index contributed by atoms with van der Waals surface area (Å²) in [5.74, 6) is 0.109. The number of aromatic hydroxyl groups is 1. The average molecular weight is 330 g/mol. The Labute approximate surface area is 146 Å². The minimum atomic E-state index is -0.139. The van der Waals surface area contributed by atoms with Crippen molar-refractivity contribution in [2.24, 2.45) is 5.10 Å². The zero-order valence-electron chi connectivity index (χ0n) is 13.9. The molecule has 3 aromatic rings. The molecule has 1 atom stereocenters. The second kappa shape index (κ2) is 6.06. The Morgan fingerprint density at radius 3 is 2.52 bits per heavy atom. The van der Waals surface area contributed by atoms with Gasteiger partial charge in [-0.2, -0.15) is 5.10 Å². The zero-order valence-corrected chi connectivity index (χ0v) is 13.9. The molecule has 1 aliphatic rings. The van der Waals surface area contributed by atoms with E-state index >= 15 is 0 Å². The summed E-state index contributed by atoms with van der Waals surface area (Å²) in [6.07, 6.45) is 0.579. The molecule has 0 aromatic heterocycles. The van der Waals surface area contributed by atoms with Crippen molar-refractivity contribution in [3.05, 3.63) is 77.9 Å². The van der Waals surface area contributed by atoms with Gasteiger partial charge >= 0.3 is 0 Å². The van der Waals surface area contributed by atoms with Gasteiger partial charge in [0.05, 0.1) is 11.8 Å². The van der Waals surface area contributed by atoms with Crippen molar-refractivity contribution >= 4 is 22.4 Å². The van der Waals surface area contributed by atoms with E-state index in [1.165, 1.54) is 11.9 Å². The molecule has 3 aromatic carbocycles. The molecule has 0 bridgehead atoms. The molecule has 0 aliphatic carbocycles. The molecule has 124 valence electrons. The van der Waals surface area contributed by atoms with Crippen LogP contribution in [0.15, 0.2) is 71.8 Å². The van der Waals surface area contributed by atoms with Crippen LogP contribution in [0.1, 0.15) is 30.5 Å². The lowest BCUT2D eigenvalue weighted by Gasteiger charge is -2.20. The van der Waals surface area contributed by atoms with E-state index in [0.717, 1.165) is 22.0 Å². The molecule has 0 saturated heterocycles. The third kappa shape index (κ3) is 2.66. The fraction of sp³-hybridized carbons (Fsp3) is 0.143. The van der Waals surface area contributed by atoms with Crippen LogP contribution in [0.4, 0.5) is 0 Å². The largest absolute Gasteiger partial charge is 0.507 e. The molecule has 1 N–H and O–H groups in total. The number of amides is 1. The number of carbonyl (C=O) groups is 1. The van der Waals surface area contributed by atoms with Gasteiger partial charge in [0, 0.05) is 24.3 Å². The molecular formula is C21H18N2O2. The third-order valence-electron chi connectivity index (χ3n) is 4.63. The predicted octanol–water partition coefficient (Wildman–Crippen LogP) is 4.24. The van der Waals surface area contributed by atoms with E-state index in [4.69, 9.17) is 0 Å². The first-order valence-electron chi connectivity index (χ1n) is 8.28. The summed E-state index contributed by atoms with van der Waals surface area (Å²) in [7, 11) is 0. The molecule has 4 heteroatoms. The van der Waals surface area contributed by atoms with Crippen LogP contribution in [0.5, 0.6) is 5.75 Å². The topological polar surface area (TPSA) is 52.9 Å². The Bertz CT molecular complexity index is 980. The molecule has 1 amide bonds. The van der Waals surface area contributed by atoms with Crippen LogP contribution in [0.3, 0.4) is 0 Å². The summed E-state index contributed by atoms with van der Waals surface area (Å²) in [5.41, 5.74) is 2.45. The predicted molar refractivity (Wildman–Crippen MR) is 98.5 cm³/mol. The van der Waals surface area contributed by atoms with E-state index < -0.39 is 0 Å². The Balaban J connectivity index is 1.77. The standard InChI is InChI=1S/C21H18N2O2/c1-14(24)23-20(16-8-3-2-4-9-16)13-19(22-23)18-12-11-15-7-5-6-10-17(15)21(18)25/h2-12,20,25H,13H2,1H3/t20-/m0/s1. The number of hydrogen-bond acceptors (Lipinski definition) is 3. The van der Waals surface area contributed by atoms with Crippen LogP contribution in [0, 0.1) is 0 Å². The Morgan fingerprint density at radius 2 is 1.76 bits per heavy atom. The molecule has 0 spiro atoms. The van der Waals surface area contributed by atoms with E-state index in [9.17, 15) is 9.90 Å². The summed E-state index contributed by atoms with van der Waals surface area (Å²) >= 11 is 0. The highest BCUT2D eigenvalue weighted by atomic mass is 16.3. The van der Waals surface area contributed by atoms with Crippen molar-refractivity contribution in [3.63, 3.8) is 0 Å². The number of carbonyl (C=O) groups excluding carboxylic acids is 1. The van der Waals surface area contributed by atoms with Crippen LogP contribution in [-0.4, -0.2) is 21.7 Å². The van der Waals surface area contributed by atoms with Gasteiger partial charge in [0.1, 0.15) is 5.75 Å². The minimum Gasteiger partial charge on any atom is -0.507 e. The molecule has 0 saturated carbocycles. The van der Waals surface area contributed by atoms with Gasteiger partial charge in [0.2, 0.25) is 5.91 Å². The molecular weight excluding hydrogens is 312 g/mol. The van der Waals surface area contributed by atoms with E-state index in [2.05, 4.69) is 5.10 Å². The van der Waals surface area contributed by atoms with Gasteiger partial charge in [0.25, 0.3) is 0 Å². The maximum absolute atomic E-state index is 12.1. The number of rotatable bonds is 2. The summed E-state index contributed by atoms with van der Waals surface area (Å²) in [4.78, 5) is 12.1. The Kier molecular flexibility index (Phi) is 3.73. The highest BCUT2D eigenvalue weighted by Crippen LogP contribution is 2.37. The van der Waals surface area contributed by atoms with E-state index in [-0.39, 0.29) is 17.7 Å². The van der Waals surface area contributed by atoms with Gasteiger partial charge in [-0.1, -0.05) is 60.7 Å². The van der Waals surface area contributed by atoms with Crippen molar-refractivity contribution in [1.29, 1.82) is 0 Å². The molecule has 25 heavy (non-hydrogen) atoms. The fourth-order valence-corrected chi connectivity index (χ4v) is 3.39. The number of hydrazone groups is 1. The van der Waals surface area contributed by atoms with Crippen molar-refractivity contribution < 1.29 is 9.90 Å². The molecule has 1 aliphatic heterocycles. The van der Waals surface area contributed by atoms with Crippen molar-refractivity contribution in [2.75, 3.05) is 0 Å². The molecule has 0 fully saturated rings. The van der Waals surface area contributed by atoms with Crippen molar-refractivity contribution in [2.45, 2.75) is 19.4 Å². The Hall–Kier alpha value is -3.14. The molecule has 4 rings (SSSR count). The fourth-order valence-electron chi connectivity index (χ4n) is 3.39. The van der Waals surface area contributed by atoms with E-state index in [1.807, 2.05) is 66.7 Å². The number of hydrogen-bond donors (Lipinski definition) is 1. The van der Waals surface area contributed by atoms with Crippen LogP contribution in [0.25, 0.3) is 10.8 Å². The highest BCUT2D eigenvalue weighted by molar-refractivity contribution is 6.09. The van der Waals surface area contributed by atoms with Gasteiger partial charge in [-0.25, -0.2) is 5.01 Å². The normalized spacial score (nSPS) is 16.9. The summed E-state index contributed by atoms with van der Waals surface area (Å²) in [6, 6.07) is 21.3. The Morgan fingerprint density at radius 1 is 1.04 bits per heavy atom. The van der Waals surface area contributed by atoms with Crippen LogP contribution < -0.4 is 0 Å². The van der Waals surface area contributed by atoms with Gasteiger partial charge < -0.3 is 5.11 Å². The zero-order chi connectivity index (χ0) is 17.4. The van der Waals surface area contributed by atoms with Crippen molar-refractivity contribution in [1.82, 2.24) is 5.01 Å². The van der Waals surface area contributed by atoms with Gasteiger partial charge in [-0.15, -0.1) is 0 Å². The summed E-state index contributed by atoms with van der Waals surface area (Å²) in [5, 5.41) is 18.5. The van der Waals surface area contributed by atoms with Crippen LogP contribution >= 0.6 is 0 Å². The number of phenols is 1. The molecule has 4 nitrogen and oxygen atoms in total. The molecule has 0 unspecified atom stereocenters.